The van der Waals surface area contributed by atoms with E-state index in [1.807, 2.05) is 30.3 Å². The SMILES string of the molecule is CC(CCNC(=O)CSc1ccccc1)C(=O)O. The quantitative estimate of drug-likeness (QED) is 0.742. The number of carbonyl (C=O) groups excluding carboxylic acids is 1. The average Bonchev–Trinajstić information content (AvgIpc) is 2.37. The normalized spacial score (nSPS) is 11.8. The van der Waals surface area contributed by atoms with Gasteiger partial charge < -0.3 is 10.4 Å². The van der Waals surface area contributed by atoms with Gasteiger partial charge in [-0.15, -0.1) is 11.8 Å². The zero-order chi connectivity index (χ0) is 13.4. The first kappa shape index (κ1) is 14.6. The summed E-state index contributed by atoms with van der Waals surface area (Å²) in [7, 11) is 0. The van der Waals surface area contributed by atoms with Crippen LogP contribution in [0.15, 0.2) is 35.2 Å². The summed E-state index contributed by atoms with van der Waals surface area (Å²) < 4.78 is 0. The Morgan fingerprint density at radius 3 is 2.61 bits per heavy atom. The Labute approximate surface area is 111 Å². The zero-order valence-corrected chi connectivity index (χ0v) is 11.1. The van der Waals surface area contributed by atoms with Crippen molar-refractivity contribution in [2.75, 3.05) is 12.3 Å². The van der Waals surface area contributed by atoms with Crippen molar-refractivity contribution >= 4 is 23.6 Å². The summed E-state index contributed by atoms with van der Waals surface area (Å²) in [6, 6.07) is 9.68. The highest BCUT2D eigenvalue weighted by Crippen LogP contribution is 2.16. The fraction of sp³-hybridized carbons (Fsp3) is 0.385. The Morgan fingerprint density at radius 2 is 2.00 bits per heavy atom. The molecule has 98 valence electrons. The van der Waals surface area contributed by atoms with Crippen LogP contribution in [0.3, 0.4) is 0 Å². The molecule has 2 N–H and O–H groups in total. The lowest BCUT2D eigenvalue weighted by Gasteiger charge is -2.07. The predicted octanol–water partition coefficient (Wildman–Crippen LogP) is 2.01. The average molecular weight is 267 g/mol. The monoisotopic (exact) mass is 267 g/mol. The van der Waals surface area contributed by atoms with Gasteiger partial charge in [0.05, 0.1) is 11.7 Å². The summed E-state index contributed by atoms with van der Waals surface area (Å²) in [6.07, 6.45) is 0.455. The molecule has 18 heavy (non-hydrogen) atoms. The number of amides is 1. The van der Waals surface area contributed by atoms with Crippen molar-refractivity contribution in [3.8, 4) is 0 Å². The molecule has 4 nitrogen and oxygen atoms in total. The third-order valence-corrected chi connectivity index (χ3v) is 3.45. The van der Waals surface area contributed by atoms with Gasteiger partial charge in [-0.05, 0) is 18.6 Å². The minimum atomic E-state index is -0.831. The van der Waals surface area contributed by atoms with E-state index >= 15 is 0 Å². The van der Waals surface area contributed by atoms with Gasteiger partial charge in [-0.2, -0.15) is 0 Å². The predicted molar refractivity (Wildman–Crippen MR) is 71.6 cm³/mol. The molecule has 0 saturated heterocycles. The van der Waals surface area contributed by atoms with Crippen molar-refractivity contribution in [1.29, 1.82) is 0 Å². The molecule has 0 aromatic heterocycles. The van der Waals surface area contributed by atoms with Crippen LogP contribution in [0.1, 0.15) is 13.3 Å². The van der Waals surface area contributed by atoms with E-state index in [0.29, 0.717) is 18.7 Å². The molecule has 1 amide bonds. The van der Waals surface area contributed by atoms with Gasteiger partial charge in [0.25, 0.3) is 0 Å². The Morgan fingerprint density at radius 1 is 1.33 bits per heavy atom. The summed E-state index contributed by atoms with van der Waals surface area (Å²) in [5.74, 6) is -0.970. The summed E-state index contributed by atoms with van der Waals surface area (Å²) in [5.41, 5.74) is 0. The molecule has 0 fully saturated rings. The minimum absolute atomic E-state index is 0.0681. The molecule has 0 aliphatic heterocycles. The third-order valence-electron chi connectivity index (χ3n) is 2.43. The molecule has 1 aromatic rings. The highest BCUT2D eigenvalue weighted by atomic mass is 32.2. The second-order valence-electron chi connectivity index (χ2n) is 3.98. The maximum atomic E-state index is 11.5. The van der Waals surface area contributed by atoms with Crippen LogP contribution in [-0.4, -0.2) is 29.3 Å². The lowest BCUT2D eigenvalue weighted by molar-refractivity contribution is -0.141. The molecule has 1 aromatic carbocycles. The Balaban J connectivity index is 2.17. The summed E-state index contributed by atoms with van der Waals surface area (Å²) in [5, 5.41) is 11.4. The van der Waals surface area contributed by atoms with Gasteiger partial charge in [0.1, 0.15) is 0 Å². The minimum Gasteiger partial charge on any atom is -0.481 e. The number of carbonyl (C=O) groups is 2. The van der Waals surface area contributed by atoms with Gasteiger partial charge in [-0.1, -0.05) is 25.1 Å². The second kappa shape index (κ2) is 7.76. The smallest absolute Gasteiger partial charge is 0.306 e. The summed E-state index contributed by atoms with van der Waals surface area (Å²) in [6.45, 7) is 2.04. The van der Waals surface area contributed by atoms with E-state index in [9.17, 15) is 9.59 Å². The van der Waals surface area contributed by atoms with E-state index in [2.05, 4.69) is 5.32 Å². The number of thioether (sulfide) groups is 1. The summed E-state index contributed by atoms with van der Waals surface area (Å²) in [4.78, 5) is 23.1. The maximum Gasteiger partial charge on any atom is 0.306 e. The molecule has 0 radical (unpaired) electrons. The topological polar surface area (TPSA) is 66.4 Å². The van der Waals surface area contributed by atoms with E-state index < -0.39 is 11.9 Å². The standard InChI is InChI=1S/C13H17NO3S/c1-10(13(16)17)7-8-14-12(15)9-18-11-5-3-2-4-6-11/h2-6,10H,7-9H2,1H3,(H,14,15)(H,16,17). The number of aliphatic carboxylic acids is 1. The molecule has 1 atom stereocenters. The highest BCUT2D eigenvalue weighted by Gasteiger charge is 2.10. The van der Waals surface area contributed by atoms with Crippen LogP contribution in [0.25, 0.3) is 0 Å². The molecule has 0 heterocycles. The van der Waals surface area contributed by atoms with Crippen LogP contribution in [-0.2, 0) is 9.59 Å². The first-order chi connectivity index (χ1) is 8.59. The Hall–Kier alpha value is -1.49. The molecule has 0 bridgehead atoms. The van der Waals surface area contributed by atoms with Crippen LogP contribution in [0.5, 0.6) is 0 Å². The molecular formula is C13H17NO3S. The van der Waals surface area contributed by atoms with Gasteiger partial charge in [-0.3, -0.25) is 9.59 Å². The Kier molecular flexibility index (Phi) is 6.28. The fourth-order valence-electron chi connectivity index (χ4n) is 1.27. The van der Waals surface area contributed by atoms with E-state index in [4.69, 9.17) is 5.11 Å². The summed E-state index contributed by atoms with van der Waals surface area (Å²) >= 11 is 1.47. The number of hydrogen-bond acceptors (Lipinski definition) is 3. The Bertz CT molecular complexity index is 394. The zero-order valence-electron chi connectivity index (χ0n) is 10.3. The highest BCUT2D eigenvalue weighted by molar-refractivity contribution is 8.00. The fourth-order valence-corrected chi connectivity index (χ4v) is 2.02. The van der Waals surface area contributed by atoms with Gasteiger partial charge in [0.15, 0.2) is 0 Å². The second-order valence-corrected chi connectivity index (χ2v) is 5.03. The molecule has 0 saturated carbocycles. The van der Waals surface area contributed by atoms with E-state index in [1.54, 1.807) is 6.92 Å². The molecule has 0 aliphatic carbocycles. The van der Waals surface area contributed by atoms with Gasteiger partial charge >= 0.3 is 5.97 Å². The first-order valence-electron chi connectivity index (χ1n) is 5.77. The van der Waals surface area contributed by atoms with Crippen molar-refractivity contribution in [1.82, 2.24) is 5.32 Å². The van der Waals surface area contributed by atoms with E-state index in [1.165, 1.54) is 11.8 Å². The van der Waals surface area contributed by atoms with Crippen molar-refractivity contribution in [2.24, 2.45) is 5.92 Å². The molecular weight excluding hydrogens is 250 g/mol. The number of nitrogens with one attached hydrogen (secondary N) is 1. The van der Waals surface area contributed by atoms with Crippen LogP contribution < -0.4 is 5.32 Å². The van der Waals surface area contributed by atoms with E-state index in [-0.39, 0.29) is 5.91 Å². The van der Waals surface area contributed by atoms with Crippen molar-refractivity contribution in [3.05, 3.63) is 30.3 Å². The van der Waals surface area contributed by atoms with Crippen LogP contribution in [0, 0.1) is 5.92 Å². The molecule has 1 rings (SSSR count). The van der Waals surface area contributed by atoms with Gasteiger partial charge in [-0.25, -0.2) is 0 Å². The number of rotatable bonds is 7. The van der Waals surface area contributed by atoms with E-state index in [0.717, 1.165) is 4.90 Å². The van der Waals surface area contributed by atoms with Crippen LogP contribution >= 0.6 is 11.8 Å². The third kappa shape index (κ3) is 5.72. The molecule has 5 heteroatoms. The first-order valence-corrected chi connectivity index (χ1v) is 6.75. The van der Waals surface area contributed by atoms with Gasteiger partial charge in [0, 0.05) is 11.4 Å². The maximum absolute atomic E-state index is 11.5. The van der Waals surface area contributed by atoms with Crippen LogP contribution in [0.4, 0.5) is 0 Å². The number of benzene rings is 1. The van der Waals surface area contributed by atoms with Crippen LogP contribution in [0.2, 0.25) is 0 Å². The van der Waals surface area contributed by atoms with Crippen molar-refractivity contribution < 1.29 is 14.7 Å². The lowest BCUT2D eigenvalue weighted by atomic mass is 10.1. The largest absolute Gasteiger partial charge is 0.481 e. The molecule has 1 unspecified atom stereocenters. The number of carboxylic acids is 1. The lowest BCUT2D eigenvalue weighted by Crippen LogP contribution is -2.28. The number of hydrogen-bond donors (Lipinski definition) is 2. The van der Waals surface area contributed by atoms with Gasteiger partial charge in [0.2, 0.25) is 5.91 Å². The molecule has 0 spiro atoms. The number of carboxylic acid groups (broad SMARTS) is 1. The molecule has 0 aliphatic rings. The van der Waals surface area contributed by atoms with Crippen molar-refractivity contribution in [3.63, 3.8) is 0 Å². The van der Waals surface area contributed by atoms with Crippen molar-refractivity contribution in [2.45, 2.75) is 18.2 Å².